The molecule has 1 aromatic heterocycles. The maximum Gasteiger partial charge on any atom is 0.332 e. The Balaban J connectivity index is 1.67. The van der Waals surface area contributed by atoms with Crippen molar-refractivity contribution < 1.29 is 9.59 Å². The molecule has 0 radical (unpaired) electrons. The number of rotatable bonds is 3. The summed E-state index contributed by atoms with van der Waals surface area (Å²) in [5.74, 6) is -0.229. The van der Waals surface area contributed by atoms with Gasteiger partial charge in [0.05, 0.1) is 12.1 Å². The van der Waals surface area contributed by atoms with Crippen LogP contribution in [0.1, 0.15) is 5.56 Å². The second kappa shape index (κ2) is 6.18. The van der Waals surface area contributed by atoms with Crippen LogP contribution in [0.5, 0.6) is 0 Å². The zero-order valence-corrected chi connectivity index (χ0v) is 14.0. The van der Waals surface area contributed by atoms with Gasteiger partial charge in [-0.2, -0.15) is 0 Å². The number of anilines is 1. The van der Waals surface area contributed by atoms with Gasteiger partial charge in [-0.1, -0.05) is 35.9 Å². The first kappa shape index (κ1) is 15.6. The molecule has 6 heteroatoms. The highest BCUT2D eigenvalue weighted by Crippen LogP contribution is 2.27. The van der Waals surface area contributed by atoms with Gasteiger partial charge in [-0.15, -0.1) is 0 Å². The Morgan fingerprint density at radius 3 is 2.60 bits per heavy atom. The SMILES string of the molecule is O=C1CN(c2ccccc2)C(=O)N1Cc1ccc(Cl)c2cccnc12. The first-order valence-corrected chi connectivity index (χ1v) is 8.22. The monoisotopic (exact) mass is 351 g/mol. The highest BCUT2D eigenvalue weighted by Gasteiger charge is 2.37. The number of amides is 3. The molecule has 0 spiro atoms. The molecule has 0 atom stereocenters. The second-order valence-corrected chi connectivity index (χ2v) is 6.20. The minimum atomic E-state index is -0.324. The third-order valence-corrected chi connectivity index (χ3v) is 4.58. The van der Waals surface area contributed by atoms with Crippen molar-refractivity contribution in [2.45, 2.75) is 6.54 Å². The molecule has 25 heavy (non-hydrogen) atoms. The van der Waals surface area contributed by atoms with Crippen LogP contribution in [0.2, 0.25) is 5.02 Å². The quantitative estimate of drug-likeness (QED) is 0.673. The molecule has 2 heterocycles. The number of carbonyl (C=O) groups is 2. The molecule has 0 aliphatic carbocycles. The average molecular weight is 352 g/mol. The van der Waals surface area contributed by atoms with E-state index in [0.29, 0.717) is 16.2 Å². The van der Waals surface area contributed by atoms with Crippen molar-refractivity contribution >= 4 is 40.1 Å². The van der Waals surface area contributed by atoms with E-state index in [0.717, 1.165) is 10.9 Å². The number of carbonyl (C=O) groups excluding carboxylic acids is 2. The summed E-state index contributed by atoms with van der Waals surface area (Å²) < 4.78 is 0. The summed E-state index contributed by atoms with van der Waals surface area (Å²) >= 11 is 6.21. The van der Waals surface area contributed by atoms with E-state index >= 15 is 0 Å². The molecule has 4 rings (SSSR count). The molecule has 3 aromatic rings. The predicted octanol–water partition coefficient (Wildman–Crippen LogP) is 3.86. The van der Waals surface area contributed by atoms with Crippen molar-refractivity contribution in [1.29, 1.82) is 0 Å². The first-order chi connectivity index (χ1) is 12.1. The average Bonchev–Trinajstić information content (AvgIpc) is 2.93. The lowest BCUT2D eigenvalue weighted by Crippen LogP contribution is -2.32. The molecule has 0 saturated carbocycles. The van der Waals surface area contributed by atoms with Crippen molar-refractivity contribution in [2.24, 2.45) is 0 Å². The van der Waals surface area contributed by atoms with Gasteiger partial charge in [0.25, 0.3) is 5.91 Å². The van der Waals surface area contributed by atoms with E-state index in [2.05, 4.69) is 4.98 Å². The number of fused-ring (bicyclic) bond motifs is 1. The molecule has 5 nitrogen and oxygen atoms in total. The molecule has 2 aromatic carbocycles. The Labute approximate surface area is 149 Å². The minimum Gasteiger partial charge on any atom is -0.285 e. The Morgan fingerprint density at radius 1 is 1.00 bits per heavy atom. The Morgan fingerprint density at radius 2 is 1.80 bits per heavy atom. The maximum absolute atomic E-state index is 12.7. The topological polar surface area (TPSA) is 53.5 Å². The van der Waals surface area contributed by atoms with Crippen LogP contribution in [-0.4, -0.2) is 28.4 Å². The molecular formula is C19H14ClN3O2. The fourth-order valence-corrected chi connectivity index (χ4v) is 3.22. The van der Waals surface area contributed by atoms with Crippen molar-refractivity contribution in [1.82, 2.24) is 9.88 Å². The highest BCUT2D eigenvalue weighted by atomic mass is 35.5. The van der Waals surface area contributed by atoms with Crippen LogP contribution < -0.4 is 4.90 Å². The van der Waals surface area contributed by atoms with Crippen molar-refractivity contribution in [2.75, 3.05) is 11.4 Å². The fraction of sp³-hybridized carbons (Fsp3) is 0.105. The molecule has 1 aliphatic rings. The molecule has 124 valence electrons. The van der Waals surface area contributed by atoms with Crippen LogP contribution in [0.15, 0.2) is 60.8 Å². The summed E-state index contributed by atoms with van der Waals surface area (Å²) in [6.45, 7) is 0.216. The van der Waals surface area contributed by atoms with Gasteiger partial charge in [0.1, 0.15) is 6.54 Å². The number of imide groups is 1. The van der Waals surface area contributed by atoms with E-state index in [9.17, 15) is 9.59 Å². The van der Waals surface area contributed by atoms with Crippen LogP contribution in [0.4, 0.5) is 10.5 Å². The standard InChI is InChI=1S/C19H14ClN3O2/c20-16-9-8-13(18-15(16)7-4-10-21-18)11-23-17(24)12-22(19(23)25)14-5-2-1-3-6-14/h1-10H,11-12H2. The third kappa shape index (κ3) is 2.72. The summed E-state index contributed by atoms with van der Waals surface area (Å²) in [4.78, 5) is 32.2. The number of aromatic nitrogens is 1. The van der Waals surface area contributed by atoms with E-state index in [-0.39, 0.29) is 25.0 Å². The van der Waals surface area contributed by atoms with Gasteiger partial charge >= 0.3 is 6.03 Å². The number of halogens is 1. The van der Waals surface area contributed by atoms with E-state index in [1.165, 1.54) is 9.80 Å². The molecule has 1 fully saturated rings. The molecular weight excluding hydrogens is 338 g/mol. The molecule has 3 amide bonds. The van der Waals surface area contributed by atoms with Crippen molar-refractivity contribution in [3.63, 3.8) is 0 Å². The molecule has 0 N–H and O–H groups in total. The lowest BCUT2D eigenvalue weighted by atomic mass is 10.1. The van der Waals surface area contributed by atoms with Crippen LogP contribution in [-0.2, 0) is 11.3 Å². The Hall–Kier alpha value is -2.92. The van der Waals surface area contributed by atoms with Gasteiger partial charge in [0.15, 0.2) is 0 Å². The molecule has 1 saturated heterocycles. The number of hydrogen-bond donors (Lipinski definition) is 0. The van der Waals surface area contributed by atoms with E-state index in [1.54, 1.807) is 18.3 Å². The van der Waals surface area contributed by atoms with Gasteiger partial charge in [0, 0.05) is 22.3 Å². The maximum atomic E-state index is 12.7. The number of benzene rings is 2. The van der Waals surface area contributed by atoms with Gasteiger partial charge in [0.2, 0.25) is 0 Å². The second-order valence-electron chi connectivity index (χ2n) is 5.79. The summed E-state index contributed by atoms with van der Waals surface area (Å²) in [6, 6.07) is 16.1. The summed E-state index contributed by atoms with van der Waals surface area (Å²) in [7, 11) is 0. The van der Waals surface area contributed by atoms with E-state index < -0.39 is 0 Å². The van der Waals surface area contributed by atoms with Crippen LogP contribution in [0.3, 0.4) is 0 Å². The normalized spacial score (nSPS) is 14.6. The van der Waals surface area contributed by atoms with Crippen molar-refractivity contribution in [3.05, 3.63) is 71.4 Å². The van der Waals surface area contributed by atoms with Gasteiger partial charge < -0.3 is 0 Å². The lowest BCUT2D eigenvalue weighted by molar-refractivity contribution is -0.125. The number of hydrogen-bond acceptors (Lipinski definition) is 3. The zero-order valence-electron chi connectivity index (χ0n) is 13.2. The summed E-state index contributed by atoms with van der Waals surface area (Å²) in [5, 5.41) is 1.40. The van der Waals surface area contributed by atoms with Gasteiger partial charge in [-0.05, 0) is 35.9 Å². The largest absolute Gasteiger partial charge is 0.332 e. The molecule has 1 aliphatic heterocycles. The van der Waals surface area contributed by atoms with Crippen LogP contribution in [0.25, 0.3) is 10.9 Å². The lowest BCUT2D eigenvalue weighted by Gasteiger charge is -2.18. The molecule has 0 bridgehead atoms. The third-order valence-electron chi connectivity index (χ3n) is 4.25. The number of para-hydroxylation sites is 1. The van der Waals surface area contributed by atoms with Gasteiger partial charge in [-0.3, -0.25) is 19.6 Å². The summed E-state index contributed by atoms with van der Waals surface area (Å²) in [5.41, 5.74) is 2.20. The van der Waals surface area contributed by atoms with Crippen LogP contribution >= 0.6 is 11.6 Å². The Kier molecular flexibility index (Phi) is 3.86. The number of pyridine rings is 1. The van der Waals surface area contributed by atoms with E-state index in [1.807, 2.05) is 42.5 Å². The fourth-order valence-electron chi connectivity index (χ4n) is 3.00. The summed E-state index contributed by atoms with van der Waals surface area (Å²) in [6.07, 6.45) is 1.67. The van der Waals surface area contributed by atoms with Gasteiger partial charge in [-0.25, -0.2) is 4.79 Å². The number of urea groups is 1. The smallest absolute Gasteiger partial charge is 0.285 e. The molecule has 0 unspecified atom stereocenters. The van der Waals surface area contributed by atoms with E-state index in [4.69, 9.17) is 11.6 Å². The Bertz CT molecular complexity index is 975. The zero-order chi connectivity index (χ0) is 17.4. The number of nitrogens with zero attached hydrogens (tertiary/aromatic N) is 3. The first-order valence-electron chi connectivity index (χ1n) is 7.84. The minimum absolute atomic E-state index is 0.0434. The van der Waals surface area contributed by atoms with Crippen molar-refractivity contribution in [3.8, 4) is 0 Å². The predicted molar refractivity (Wildman–Crippen MR) is 96.5 cm³/mol. The van der Waals surface area contributed by atoms with Crippen LogP contribution in [0, 0.1) is 0 Å². The highest BCUT2D eigenvalue weighted by molar-refractivity contribution is 6.35.